The van der Waals surface area contributed by atoms with E-state index in [0.29, 0.717) is 11.7 Å². The number of carbonyl (C=O) groups is 1. The minimum absolute atomic E-state index is 0.0483. The Balaban J connectivity index is 1.35. The summed E-state index contributed by atoms with van der Waals surface area (Å²) in [6, 6.07) is 8.05. The zero-order chi connectivity index (χ0) is 21.9. The number of benzene rings is 1. The van der Waals surface area contributed by atoms with Crippen LogP contribution >= 0.6 is 0 Å². The summed E-state index contributed by atoms with van der Waals surface area (Å²) in [7, 11) is 0. The molecule has 2 fully saturated rings. The Labute approximate surface area is 190 Å². The summed E-state index contributed by atoms with van der Waals surface area (Å²) in [4.78, 5) is 11.5. The van der Waals surface area contributed by atoms with Gasteiger partial charge in [0.1, 0.15) is 5.75 Å². The predicted octanol–water partition coefficient (Wildman–Crippen LogP) is 7.42. The third-order valence-corrected chi connectivity index (χ3v) is 7.94. The van der Waals surface area contributed by atoms with Gasteiger partial charge >= 0.3 is 5.97 Å². The van der Waals surface area contributed by atoms with E-state index in [2.05, 4.69) is 19.1 Å². The predicted molar refractivity (Wildman–Crippen MR) is 127 cm³/mol. The Kier molecular flexibility index (Phi) is 10.4. The fourth-order valence-corrected chi connectivity index (χ4v) is 5.99. The number of unbranched alkanes of at least 4 members (excludes halogenated alkanes) is 4. The van der Waals surface area contributed by atoms with E-state index in [1.807, 2.05) is 12.1 Å². The third kappa shape index (κ3) is 7.93. The first-order valence-corrected chi connectivity index (χ1v) is 13.1. The number of aliphatic hydroxyl groups excluding tert-OH is 1. The Morgan fingerprint density at radius 2 is 1.48 bits per heavy atom. The maximum Gasteiger partial charge on any atom is 0.313 e. The minimum Gasteiger partial charge on any atom is -0.426 e. The third-order valence-electron chi connectivity index (χ3n) is 7.94. The quantitative estimate of drug-likeness (QED) is 0.227. The lowest BCUT2D eigenvalue weighted by Gasteiger charge is -2.38. The van der Waals surface area contributed by atoms with Crippen molar-refractivity contribution in [3.8, 4) is 5.75 Å². The van der Waals surface area contributed by atoms with Crippen molar-refractivity contribution in [2.75, 3.05) is 6.61 Å². The van der Waals surface area contributed by atoms with Gasteiger partial charge < -0.3 is 9.84 Å². The van der Waals surface area contributed by atoms with Crippen LogP contribution in [0, 0.1) is 17.8 Å². The number of hydrogen-bond donors (Lipinski definition) is 1. The first-order valence-electron chi connectivity index (χ1n) is 13.1. The summed E-state index contributed by atoms with van der Waals surface area (Å²) >= 11 is 0. The molecule has 0 spiro atoms. The summed E-state index contributed by atoms with van der Waals surface area (Å²) in [5.74, 6) is 3.79. The molecule has 0 amide bonds. The first kappa shape index (κ1) is 24.3. The van der Waals surface area contributed by atoms with E-state index in [1.165, 1.54) is 95.5 Å². The van der Waals surface area contributed by atoms with Crippen LogP contribution in [0.2, 0.25) is 0 Å². The zero-order valence-corrected chi connectivity index (χ0v) is 19.7. The topological polar surface area (TPSA) is 46.5 Å². The second-order valence-corrected chi connectivity index (χ2v) is 10.1. The molecule has 1 N–H and O–H groups in total. The minimum atomic E-state index is -0.373. The molecule has 0 aliphatic heterocycles. The van der Waals surface area contributed by atoms with Crippen LogP contribution in [0.15, 0.2) is 24.3 Å². The second-order valence-electron chi connectivity index (χ2n) is 10.1. The summed E-state index contributed by atoms with van der Waals surface area (Å²) in [5, 5.41) is 8.82. The van der Waals surface area contributed by atoms with Crippen molar-refractivity contribution in [3.63, 3.8) is 0 Å². The molecule has 0 radical (unpaired) electrons. The van der Waals surface area contributed by atoms with Gasteiger partial charge in [-0.1, -0.05) is 70.4 Å². The Morgan fingerprint density at radius 1 is 0.871 bits per heavy atom. The van der Waals surface area contributed by atoms with Crippen molar-refractivity contribution < 1.29 is 14.6 Å². The van der Waals surface area contributed by atoms with Gasteiger partial charge in [-0.25, -0.2) is 0 Å². The fraction of sp³-hybridized carbons (Fsp3) is 0.750. The van der Waals surface area contributed by atoms with Gasteiger partial charge in [-0.3, -0.25) is 4.79 Å². The van der Waals surface area contributed by atoms with E-state index in [4.69, 9.17) is 9.84 Å². The number of rotatable bonds is 11. The van der Waals surface area contributed by atoms with Crippen molar-refractivity contribution in [1.29, 1.82) is 0 Å². The molecular weight excluding hydrogens is 384 g/mol. The number of esters is 1. The van der Waals surface area contributed by atoms with Crippen LogP contribution in [0.1, 0.15) is 115 Å². The van der Waals surface area contributed by atoms with E-state index in [9.17, 15) is 4.79 Å². The molecule has 1 aromatic carbocycles. The molecule has 0 heterocycles. The van der Waals surface area contributed by atoms with Gasteiger partial charge in [-0.05, 0) is 79.9 Å². The van der Waals surface area contributed by atoms with E-state index in [-0.39, 0.29) is 19.0 Å². The molecule has 0 unspecified atom stereocenters. The van der Waals surface area contributed by atoms with Crippen molar-refractivity contribution in [2.24, 2.45) is 17.8 Å². The van der Waals surface area contributed by atoms with Gasteiger partial charge in [0.25, 0.3) is 0 Å². The fourth-order valence-electron chi connectivity index (χ4n) is 5.99. The summed E-state index contributed by atoms with van der Waals surface area (Å²) in [6.07, 6.45) is 19.9. The summed E-state index contributed by atoms with van der Waals surface area (Å²) in [6.45, 7) is 2.13. The van der Waals surface area contributed by atoms with Crippen molar-refractivity contribution in [1.82, 2.24) is 0 Å². The lowest BCUT2D eigenvalue weighted by Crippen LogP contribution is -2.25. The van der Waals surface area contributed by atoms with Crippen molar-refractivity contribution in [2.45, 2.75) is 109 Å². The molecule has 2 aliphatic rings. The lowest BCUT2D eigenvalue weighted by atomic mass is 9.68. The van der Waals surface area contributed by atoms with E-state index in [0.717, 1.165) is 17.8 Å². The zero-order valence-electron chi connectivity index (χ0n) is 19.7. The summed E-state index contributed by atoms with van der Waals surface area (Å²) in [5.41, 5.74) is 1.38. The van der Waals surface area contributed by atoms with Crippen LogP contribution in [-0.4, -0.2) is 17.7 Å². The highest BCUT2D eigenvalue weighted by molar-refractivity contribution is 5.72. The molecule has 2 saturated carbocycles. The summed E-state index contributed by atoms with van der Waals surface area (Å²) < 4.78 is 5.24. The molecule has 3 heteroatoms. The molecular formula is C28H44O3. The molecule has 0 aromatic heterocycles. The largest absolute Gasteiger partial charge is 0.426 e. The average Bonchev–Trinajstić information content (AvgIpc) is 2.80. The molecule has 1 aromatic rings. The Bertz CT molecular complexity index is 622. The van der Waals surface area contributed by atoms with E-state index < -0.39 is 0 Å². The average molecular weight is 429 g/mol. The number of carbonyl (C=O) groups excluding carboxylic acids is 1. The van der Waals surface area contributed by atoms with Gasteiger partial charge in [-0.2, -0.15) is 0 Å². The SMILES string of the molecule is CCCCCCCC1CCC(C2CCC(c3ccc(OC(=O)CCO)cc3)CC2)CC1. The van der Waals surface area contributed by atoms with Gasteiger partial charge in [0.2, 0.25) is 0 Å². The van der Waals surface area contributed by atoms with Crippen molar-refractivity contribution >= 4 is 5.97 Å². The van der Waals surface area contributed by atoms with Crippen LogP contribution in [0.4, 0.5) is 0 Å². The maximum atomic E-state index is 11.5. The van der Waals surface area contributed by atoms with Gasteiger partial charge in [0.05, 0.1) is 13.0 Å². The van der Waals surface area contributed by atoms with Gasteiger partial charge in [0.15, 0.2) is 0 Å². The molecule has 3 rings (SSSR count). The van der Waals surface area contributed by atoms with Crippen molar-refractivity contribution in [3.05, 3.63) is 29.8 Å². The molecule has 0 bridgehead atoms. The lowest BCUT2D eigenvalue weighted by molar-refractivity contribution is -0.135. The smallest absolute Gasteiger partial charge is 0.313 e. The van der Waals surface area contributed by atoms with Crippen LogP contribution < -0.4 is 4.74 Å². The number of aliphatic hydroxyl groups is 1. The van der Waals surface area contributed by atoms with Gasteiger partial charge in [0, 0.05) is 0 Å². The monoisotopic (exact) mass is 428 g/mol. The molecule has 2 aliphatic carbocycles. The molecule has 0 saturated heterocycles. The normalized spacial score (nSPS) is 26.5. The Hall–Kier alpha value is -1.35. The van der Waals surface area contributed by atoms with Gasteiger partial charge in [-0.15, -0.1) is 0 Å². The molecule has 3 nitrogen and oxygen atoms in total. The molecule has 31 heavy (non-hydrogen) atoms. The number of hydrogen-bond acceptors (Lipinski definition) is 3. The maximum absolute atomic E-state index is 11.5. The van der Waals surface area contributed by atoms with E-state index >= 15 is 0 Å². The van der Waals surface area contributed by atoms with Crippen LogP contribution in [-0.2, 0) is 4.79 Å². The highest BCUT2D eigenvalue weighted by Crippen LogP contribution is 2.44. The Morgan fingerprint density at radius 3 is 2.10 bits per heavy atom. The van der Waals surface area contributed by atoms with Crippen LogP contribution in [0.5, 0.6) is 5.75 Å². The molecule has 174 valence electrons. The second kappa shape index (κ2) is 13.3. The first-order chi connectivity index (χ1) is 15.2. The van der Waals surface area contributed by atoms with Crippen LogP contribution in [0.3, 0.4) is 0 Å². The standard InChI is InChI=1S/C28H44O3/c1-2-3-4-5-6-7-22-8-10-23(11-9-22)24-12-14-25(15-13-24)26-16-18-27(19-17-26)31-28(30)20-21-29/h16-19,22-25,29H,2-15,20-21H2,1H3. The number of ether oxygens (including phenoxy) is 1. The molecule has 0 atom stereocenters. The van der Waals surface area contributed by atoms with E-state index in [1.54, 1.807) is 0 Å². The highest BCUT2D eigenvalue weighted by atomic mass is 16.5. The highest BCUT2D eigenvalue weighted by Gasteiger charge is 2.31. The van der Waals surface area contributed by atoms with Crippen LogP contribution in [0.25, 0.3) is 0 Å².